The number of benzene rings is 5. The number of aromatic nitrogens is 2. The molecule has 0 aliphatic heterocycles. The van der Waals surface area contributed by atoms with E-state index in [0.717, 1.165) is 17.6 Å². The van der Waals surface area contributed by atoms with Crippen molar-refractivity contribution in [3.8, 4) is 0 Å². The van der Waals surface area contributed by atoms with Gasteiger partial charge in [-0.3, -0.25) is 0 Å². The molecule has 0 bridgehead atoms. The van der Waals surface area contributed by atoms with Crippen molar-refractivity contribution in [2.75, 3.05) is 0 Å². The second-order valence-electron chi connectivity index (χ2n) is 9.98. The predicted molar refractivity (Wildman–Crippen MR) is 151 cm³/mol. The Morgan fingerprint density at radius 3 is 1.83 bits per heavy atom. The van der Waals surface area contributed by atoms with Crippen LogP contribution >= 0.6 is 0 Å². The third-order valence-corrected chi connectivity index (χ3v) is 7.96. The zero-order valence-corrected chi connectivity index (χ0v) is 20.2. The van der Waals surface area contributed by atoms with Gasteiger partial charge in [-0.2, -0.15) is 0 Å². The van der Waals surface area contributed by atoms with Crippen LogP contribution in [-0.2, 0) is 20.5 Å². The highest BCUT2D eigenvalue weighted by atomic mass is 16.3. The van der Waals surface area contributed by atoms with Crippen molar-refractivity contribution >= 4 is 65.6 Å². The lowest BCUT2D eigenvalue weighted by Gasteiger charge is -2.05. The second kappa shape index (κ2) is 7.02. The van der Waals surface area contributed by atoms with Gasteiger partial charge in [-0.15, -0.1) is 0 Å². The van der Waals surface area contributed by atoms with Crippen LogP contribution in [0.25, 0.3) is 65.6 Å². The van der Waals surface area contributed by atoms with E-state index < -0.39 is 0 Å². The van der Waals surface area contributed by atoms with E-state index in [4.69, 9.17) is 4.42 Å². The van der Waals surface area contributed by atoms with Crippen molar-refractivity contribution < 1.29 is 4.42 Å². The quantitative estimate of drug-likeness (QED) is 0.252. The average Bonchev–Trinajstić information content (AvgIpc) is 3.51. The van der Waals surface area contributed by atoms with Crippen LogP contribution in [0.2, 0.25) is 0 Å². The summed E-state index contributed by atoms with van der Waals surface area (Å²) in [5, 5.41) is 7.56. The zero-order valence-electron chi connectivity index (χ0n) is 20.2. The highest BCUT2D eigenvalue weighted by molar-refractivity contribution is 6.16. The van der Waals surface area contributed by atoms with E-state index in [2.05, 4.69) is 108 Å². The first-order chi connectivity index (χ1) is 17.7. The molecule has 0 spiro atoms. The molecule has 3 heteroatoms. The second-order valence-corrected chi connectivity index (χ2v) is 9.98. The first-order valence-corrected chi connectivity index (χ1v) is 12.4. The van der Waals surface area contributed by atoms with Gasteiger partial charge in [0.25, 0.3) is 0 Å². The highest BCUT2D eigenvalue weighted by Gasteiger charge is 2.15. The van der Waals surface area contributed by atoms with Crippen LogP contribution in [-0.4, -0.2) is 9.13 Å². The summed E-state index contributed by atoms with van der Waals surface area (Å²) in [5.74, 6) is 0. The lowest BCUT2D eigenvalue weighted by Crippen LogP contribution is -1.90. The van der Waals surface area contributed by atoms with Crippen molar-refractivity contribution in [1.29, 1.82) is 0 Å². The van der Waals surface area contributed by atoms with Crippen LogP contribution in [0.15, 0.2) is 101 Å². The lowest BCUT2D eigenvalue weighted by molar-refractivity contribution is 0.669. The summed E-state index contributed by atoms with van der Waals surface area (Å²) >= 11 is 0. The third kappa shape index (κ3) is 2.63. The number of para-hydroxylation sites is 2. The minimum Gasteiger partial charge on any atom is -0.456 e. The van der Waals surface area contributed by atoms with E-state index in [1.165, 1.54) is 65.5 Å². The maximum atomic E-state index is 6.17. The smallest absolute Gasteiger partial charge is 0.137 e. The van der Waals surface area contributed by atoms with Gasteiger partial charge in [0.15, 0.2) is 0 Å². The van der Waals surface area contributed by atoms with Crippen LogP contribution < -0.4 is 0 Å². The molecule has 0 fully saturated rings. The van der Waals surface area contributed by atoms with E-state index in [9.17, 15) is 0 Å². The van der Waals surface area contributed by atoms with Crippen molar-refractivity contribution in [2.45, 2.75) is 6.42 Å². The van der Waals surface area contributed by atoms with Crippen molar-refractivity contribution in [2.24, 2.45) is 14.1 Å². The van der Waals surface area contributed by atoms with E-state index in [1.54, 1.807) is 0 Å². The lowest BCUT2D eigenvalue weighted by atomic mass is 10.0. The Hall–Kier alpha value is -4.50. The minimum absolute atomic E-state index is 0.905. The number of hydrogen-bond acceptors (Lipinski definition) is 1. The Kier molecular flexibility index (Phi) is 3.85. The Balaban J connectivity index is 1.29. The normalized spacial score (nSPS) is 12.3. The topological polar surface area (TPSA) is 23.0 Å². The van der Waals surface area contributed by atoms with Crippen molar-refractivity contribution in [3.63, 3.8) is 0 Å². The Morgan fingerprint density at radius 2 is 1.06 bits per heavy atom. The standard InChI is InChI=1S/C33H24N2O/c1-34-28-9-5-3-7-22(28)24-16-20(11-13-29(24)34)15-21-12-14-30-25(17-21)26-18-27-23-8-4-6-10-32(23)36-33(27)19-31(26)35(30)2/h3-14,16-19H,15H2,1-2H3. The van der Waals surface area contributed by atoms with Crippen LogP contribution in [0.4, 0.5) is 0 Å². The van der Waals surface area contributed by atoms with E-state index in [-0.39, 0.29) is 0 Å². The zero-order chi connectivity index (χ0) is 24.0. The maximum absolute atomic E-state index is 6.17. The molecule has 0 N–H and O–H groups in total. The first kappa shape index (κ1) is 19.8. The van der Waals surface area contributed by atoms with Gasteiger partial charge in [0.05, 0.1) is 5.52 Å². The molecule has 0 aliphatic carbocycles. The maximum Gasteiger partial charge on any atom is 0.137 e. The highest BCUT2D eigenvalue weighted by Crippen LogP contribution is 2.37. The number of furan rings is 1. The van der Waals surface area contributed by atoms with Gasteiger partial charge < -0.3 is 13.6 Å². The number of rotatable bonds is 2. The third-order valence-electron chi connectivity index (χ3n) is 7.96. The van der Waals surface area contributed by atoms with Gasteiger partial charge >= 0.3 is 0 Å². The van der Waals surface area contributed by atoms with E-state index in [1.807, 2.05) is 12.1 Å². The largest absolute Gasteiger partial charge is 0.456 e. The Labute approximate surface area is 207 Å². The van der Waals surface area contributed by atoms with Gasteiger partial charge in [0.2, 0.25) is 0 Å². The molecular weight excluding hydrogens is 440 g/mol. The summed E-state index contributed by atoms with van der Waals surface area (Å²) in [6.07, 6.45) is 0.905. The first-order valence-electron chi connectivity index (χ1n) is 12.4. The molecular formula is C33H24N2O. The Bertz CT molecular complexity index is 2150. The molecule has 0 aliphatic rings. The van der Waals surface area contributed by atoms with Gasteiger partial charge in [-0.05, 0) is 60.0 Å². The summed E-state index contributed by atoms with van der Waals surface area (Å²) < 4.78 is 10.7. The van der Waals surface area contributed by atoms with Crippen LogP contribution in [0.1, 0.15) is 11.1 Å². The molecule has 0 saturated heterocycles. The number of hydrogen-bond donors (Lipinski definition) is 0. The van der Waals surface area contributed by atoms with Gasteiger partial charge in [-0.25, -0.2) is 0 Å². The summed E-state index contributed by atoms with van der Waals surface area (Å²) in [7, 11) is 4.30. The molecule has 36 heavy (non-hydrogen) atoms. The summed E-state index contributed by atoms with van der Waals surface area (Å²) in [6, 6.07) is 35.3. The SMILES string of the molecule is Cn1c2ccccc2c2cc(Cc3ccc4c(c3)c3cc5c(cc3n4C)oc3ccccc35)ccc21. The number of fused-ring (bicyclic) bond motifs is 9. The molecule has 3 nitrogen and oxygen atoms in total. The molecule has 0 saturated carbocycles. The average molecular weight is 465 g/mol. The van der Waals surface area contributed by atoms with Gasteiger partial charge in [0, 0.05) is 69.0 Å². The number of nitrogens with zero attached hydrogens (tertiary/aromatic N) is 2. The van der Waals surface area contributed by atoms with Gasteiger partial charge in [-0.1, -0.05) is 48.5 Å². The summed E-state index contributed by atoms with van der Waals surface area (Å²) in [6.45, 7) is 0. The monoisotopic (exact) mass is 464 g/mol. The molecule has 0 radical (unpaired) electrons. The van der Waals surface area contributed by atoms with Crippen molar-refractivity contribution in [3.05, 3.63) is 108 Å². The fourth-order valence-electron chi connectivity index (χ4n) is 6.15. The molecule has 172 valence electrons. The molecule has 8 aromatic rings. The molecule has 3 aromatic heterocycles. The van der Waals surface area contributed by atoms with Crippen molar-refractivity contribution in [1.82, 2.24) is 9.13 Å². The fraction of sp³-hybridized carbons (Fsp3) is 0.0909. The van der Waals surface area contributed by atoms with Crippen LogP contribution in [0.5, 0.6) is 0 Å². The predicted octanol–water partition coefficient (Wildman–Crippen LogP) is 8.47. The van der Waals surface area contributed by atoms with Crippen LogP contribution in [0, 0.1) is 0 Å². The molecule has 8 rings (SSSR count). The molecule has 3 heterocycles. The Morgan fingerprint density at radius 1 is 0.472 bits per heavy atom. The molecule has 0 amide bonds. The minimum atomic E-state index is 0.905. The summed E-state index contributed by atoms with van der Waals surface area (Å²) in [4.78, 5) is 0. The summed E-state index contributed by atoms with van der Waals surface area (Å²) in [5.41, 5.74) is 9.55. The van der Waals surface area contributed by atoms with E-state index in [0.29, 0.717) is 0 Å². The molecule has 0 atom stereocenters. The van der Waals surface area contributed by atoms with E-state index >= 15 is 0 Å². The fourth-order valence-corrected chi connectivity index (χ4v) is 6.15. The van der Waals surface area contributed by atoms with Gasteiger partial charge in [0.1, 0.15) is 11.2 Å². The van der Waals surface area contributed by atoms with Crippen LogP contribution in [0.3, 0.4) is 0 Å². The molecule has 0 unspecified atom stereocenters. The number of aryl methyl sites for hydroxylation is 2. The molecule has 5 aromatic carbocycles.